The van der Waals surface area contributed by atoms with Crippen molar-refractivity contribution in [1.82, 2.24) is 9.21 Å². The molecule has 1 heterocycles. The van der Waals surface area contributed by atoms with Crippen LogP contribution in [0.15, 0.2) is 29.2 Å². The fraction of sp³-hybridized carbons (Fsp3) is 0.562. The molecule has 134 valence electrons. The van der Waals surface area contributed by atoms with Gasteiger partial charge in [-0.05, 0) is 31.2 Å². The highest BCUT2D eigenvalue weighted by Gasteiger charge is 2.27. The molecule has 8 heteroatoms. The zero-order valence-corrected chi connectivity index (χ0v) is 15.3. The van der Waals surface area contributed by atoms with E-state index in [0.29, 0.717) is 18.8 Å². The maximum absolute atomic E-state index is 12.6. The van der Waals surface area contributed by atoms with E-state index in [9.17, 15) is 13.2 Å². The molecule has 0 aromatic heterocycles. The number of carbonyl (C=O) groups excluding carboxylic acids is 1. The molecule has 0 spiro atoms. The summed E-state index contributed by atoms with van der Waals surface area (Å²) < 4.78 is 31.3. The molecule has 1 aliphatic heterocycles. The van der Waals surface area contributed by atoms with Gasteiger partial charge in [0.1, 0.15) is 5.75 Å². The molecule has 1 saturated heterocycles. The summed E-state index contributed by atoms with van der Waals surface area (Å²) >= 11 is 0. The summed E-state index contributed by atoms with van der Waals surface area (Å²) in [5.41, 5.74) is 0. The number of hydrogen-bond donors (Lipinski definition) is 1. The van der Waals surface area contributed by atoms with Crippen LogP contribution >= 0.6 is 0 Å². The third-order valence-corrected chi connectivity index (χ3v) is 6.27. The van der Waals surface area contributed by atoms with Crippen LogP contribution in [0, 0.1) is 0 Å². The Morgan fingerprint density at radius 1 is 1.25 bits per heavy atom. The quantitative estimate of drug-likeness (QED) is 0.714. The van der Waals surface area contributed by atoms with E-state index in [1.165, 1.54) is 31.2 Å². The van der Waals surface area contributed by atoms with Gasteiger partial charge in [0.05, 0.1) is 51.3 Å². The summed E-state index contributed by atoms with van der Waals surface area (Å²) in [6.45, 7) is 6.22. The number of carbonyl (C=O) groups is 1. The summed E-state index contributed by atoms with van der Waals surface area (Å²) in [5.74, 6) is 0.439. The molecule has 0 atom stereocenters. The number of quaternary nitrogens is 1. The Balaban J connectivity index is 1.99. The van der Waals surface area contributed by atoms with E-state index in [1.807, 2.05) is 0 Å². The van der Waals surface area contributed by atoms with Crippen LogP contribution in [0.1, 0.15) is 6.92 Å². The first-order chi connectivity index (χ1) is 11.4. The topological polar surface area (TPSA) is 71.4 Å². The van der Waals surface area contributed by atoms with Gasteiger partial charge in [0.25, 0.3) is 0 Å². The number of piperazine rings is 1. The zero-order valence-electron chi connectivity index (χ0n) is 14.5. The van der Waals surface area contributed by atoms with E-state index in [-0.39, 0.29) is 17.3 Å². The largest absolute Gasteiger partial charge is 0.497 e. The summed E-state index contributed by atoms with van der Waals surface area (Å²) in [5, 5.41) is 0. The van der Waals surface area contributed by atoms with Crippen LogP contribution in [0.3, 0.4) is 0 Å². The minimum Gasteiger partial charge on any atom is -0.497 e. The van der Waals surface area contributed by atoms with Gasteiger partial charge in [-0.25, -0.2) is 8.42 Å². The van der Waals surface area contributed by atoms with Gasteiger partial charge in [-0.15, -0.1) is 0 Å². The van der Waals surface area contributed by atoms with E-state index < -0.39 is 10.0 Å². The van der Waals surface area contributed by atoms with E-state index in [0.717, 1.165) is 23.9 Å². The molecular weight excluding hydrogens is 330 g/mol. The first-order valence-corrected chi connectivity index (χ1v) is 9.54. The third kappa shape index (κ3) is 4.25. The van der Waals surface area contributed by atoms with Crippen LogP contribution in [0.5, 0.6) is 5.75 Å². The molecule has 24 heavy (non-hydrogen) atoms. The minimum atomic E-state index is -3.69. The number of hydrogen-bond acceptors (Lipinski definition) is 4. The fourth-order valence-electron chi connectivity index (χ4n) is 2.73. The number of amides is 1. The summed E-state index contributed by atoms with van der Waals surface area (Å²) in [6.07, 6.45) is 0. The molecule has 0 saturated carbocycles. The maximum atomic E-state index is 12.6. The number of nitrogens with one attached hydrogen (secondary N) is 1. The van der Waals surface area contributed by atoms with Gasteiger partial charge in [-0.2, -0.15) is 4.31 Å². The molecule has 0 aliphatic carbocycles. The van der Waals surface area contributed by atoms with E-state index in [4.69, 9.17) is 4.74 Å². The molecule has 1 aliphatic rings. The van der Waals surface area contributed by atoms with E-state index >= 15 is 0 Å². The lowest BCUT2D eigenvalue weighted by Gasteiger charge is -2.32. The Bertz CT molecular complexity index is 652. The average molecular weight is 356 g/mol. The van der Waals surface area contributed by atoms with Gasteiger partial charge < -0.3 is 14.5 Å². The van der Waals surface area contributed by atoms with Crippen LogP contribution in [-0.4, -0.2) is 77.0 Å². The van der Waals surface area contributed by atoms with Gasteiger partial charge in [-0.3, -0.25) is 4.79 Å². The van der Waals surface area contributed by atoms with Crippen molar-refractivity contribution in [2.45, 2.75) is 11.8 Å². The molecule has 2 rings (SSSR count). The van der Waals surface area contributed by atoms with Gasteiger partial charge in [0, 0.05) is 7.05 Å². The van der Waals surface area contributed by atoms with Crippen LogP contribution < -0.4 is 9.64 Å². The number of benzene rings is 1. The summed E-state index contributed by atoms with van der Waals surface area (Å²) in [4.78, 5) is 15.7. The molecule has 1 N–H and O–H groups in total. The smallest absolute Gasteiger partial charge is 0.243 e. The standard InChI is InChI=1S/C16H25N3O4S/c1-4-18-9-11-19(12-10-18)16(20)13-17(2)24(21,22)15-7-5-14(23-3)6-8-15/h5-8H,4,9-13H2,1-3H3/p+1. The summed E-state index contributed by atoms with van der Waals surface area (Å²) in [6, 6.07) is 6.15. The molecule has 0 bridgehead atoms. The molecular formula is C16H26N3O4S+. The Morgan fingerprint density at radius 3 is 2.33 bits per heavy atom. The second-order valence-corrected chi connectivity index (χ2v) is 7.97. The van der Waals surface area contributed by atoms with Crippen molar-refractivity contribution in [2.24, 2.45) is 0 Å². The van der Waals surface area contributed by atoms with Gasteiger partial charge in [-0.1, -0.05) is 0 Å². The van der Waals surface area contributed by atoms with Crippen molar-refractivity contribution in [3.8, 4) is 5.75 Å². The van der Waals surface area contributed by atoms with Crippen molar-refractivity contribution in [3.05, 3.63) is 24.3 Å². The van der Waals surface area contributed by atoms with Crippen molar-refractivity contribution < 1.29 is 22.8 Å². The van der Waals surface area contributed by atoms with Gasteiger partial charge >= 0.3 is 0 Å². The third-order valence-electron chi connectivity index (χ3n) is 4.45. The number of ether oxygens (including phenoxy) is 1. The normalized spacial score (nSPS) is 16.4. The van der Waals surface area contributed by atoms with Crippen LogP contribution in [0.25, 0.3) is 0 Å². The Hall–Kier alpha value is -1.64. The minimum absolute atomic E-state index is 0.143. The summed E-state index contributed by atoms with van der Waals surface area (Å²) in [7, 11) is -0.730. The highest BCUT2D eigenvalue weighted by molar-refractivity contribution is 7.89. The molecule has 1 aromatic rings. The van der Waals surface area contributed by atoms with Crippen molar-refractivity contribution >= 4 is 15.9 Å². The number of likely N-dealkylation sites (N-methyl/N-ethyl adjacent to an activating group) is 2. The molecule has 7 nitrogen and oxygen atoms in total. The van der Waals surface area contributed by atoms with Crippen molar-refractivity contribution in [3.63, 3.8) is 0 Å². The van der Waals surface area contributed by atoms with Crippen molar-refractivity contribution in [1.29, 1.82) is 0 Å². The number of sulfonamides is 1. The molecule has 1 aromatic carbocycles. The lowest BCUT2D eigenvalue weighted by atomic mass is 10.3. The first-order valence-electron chi connectivity index (χ1n) is 8.10. The van der Waals surface area contributed by atoms with E-state index in [2.05, 4.69) is 6.92 Å². The Kier molecular flexibility index (Phi) is 6.20. The number of rotatable bonds is 6. The lowest BCUT2D eigenvalue weighted by molar-refractivity contribution is -0.902. The maximum Gasteiger partial charge on any atom is 0.243 e. The van der Waals surface area contributed by atoms with Crippen LogP contribution in [0.2, 0.25) is 0 Å². The predicted molar refractivity (Wildman–Crippen MR) is 90.6 cm³/mol. The van der Waals surface area contributed by atoms with Crippen LogP contribution in [0.4, 0.5) is 0 Å². The molecule has 0 radical (unpaired) electrons. The molecule has 1 fully saturated rings. The monoisotopic (exact) mass is 356 g/mol. The highest BCUT2D eigenvalue weighted by atomic mass is 32.2. The van der Waals surface area contributed by atoms with Crippen LogP contribution in [-0.2, 0) is 14.8 Å². The molecule has 1 amide bonds. The van der Waals surface area contributed by atoms with Crippen molar-refractivity contribution in [2.75, 3.05) is 53.4 Å². The lowest BCUT2D eigenvalue weighted by Crippen LogP contribution is -3.14. The second-order valence-electron chi connectivity index (χ2n) is 5.92. The number of methoxy groups -OCH3 is 1. The van der Waals surface area contributed by atoms with E-state index in [1.54, 1.807) is 17.0 Å². The van der Waals surface area contributed by atoms with Gasteiger partial charge in [0.2, 0.25) is 15.9 Å². The fourth-order valence-corrected chi connectivity index (χ4v) is 3.85. The number of nitrogens with zero attached hydrogens (tertiary/aromatic N) is 2. The van der Waals surface area contributed by atoms with Gasteiger partial charge in [0.15, 0.2) is 0 Å². The SMILES string of the molecule is CC[NH+]1CCN(C(=O)CN(C)S(=O)(=O)c2ccc(OC)cc2)CC1. The highest BCUT2D eigenvalue weighted by Crippen LogP contribution is 2.18. The Labute approximate surface area is 143 Å². The first kappa shape index (κ1) is 18.7. The molecule has 0 unspecified atom stereocenters. The Morgan fingerprint density at radius 2 is 1.83 bits per heavy atom. The average Bonchev–Trinajstić information content (AvgIpc) is 2.61. The predicted octanol–water partition coefficient (Wildman–Crippen LogP) is -0.937. The zero-order chi connectivity index (χ0) is 17.7. The second kappa shape index (κ2) is 7.96.